The number of hydrogen-bond acceptors (Lipinski definition) is 8. The Bertz CT molecular complexity index is 547. The number of nitrogen functional groups attached to an aromatic ring is 1. The number of aromatic nitrogens is 3. The Hall–Kier alpha value is -1.64. The molecule has 1 atom stereocenters. The van der Waals surface area contributed by atoms with Gasteiger partial charge in [-0.3, -0.25) is 0 Å². The van der Waals surface area contributed by atoms with E-state index in [-0.39, 0.29) is 29.5 Å². The van der Waals surface area contributed by atoms with Gasteiger partial charge in [0.1, 0.15) is 0 Å². The molecule has 100 valence electrons. The third-order valence-corrected chi connectivity index (χ3v) is 4.53. The summed E-state index contributed by atoms with van der Waals surface area (Å²) >= 11 is 0. The highest BCUT2D eigenvalue weighted by molar-refractivity contribution is 7.91. The number of hydrogen-bond donors (Lipinski definition) is 1. The van der Waals surface area contributed by atoms with Gasteiger partial charge < -0.3 is 15.4 Å². The fraction of sp³-hybridized carbons (Fsp3) is 0.667. The molecule has 1 saturated heterocycles. The molecule has 1 unspecified atom stereocenters. The van der Waals surface area contributed by atoms with Gasteiger partial charge in [-0.15, -0.1) is 0 Å². The second kappa shape index (κ2) is 4.56. The molecule has 2 heterocycles. The molecule has 9 heteroatoms. The molecule has 1 aliphatic heterocycles. The quantitative estimate of drug-likeness (QED) is 0.736. The van der Waals surface area contributed by atoms with E-state index >= 15 is 0 Å². The minimum absolute atomic E-state index is 0.0532. The minimum Gasteiger partial charge on any atom is -0.467 e. The molecule has 1 aromatic heterocycles. The van der Waals surface area contributed by atoms with E-state index in [1.54, 1.807) is 4.90 Å². The Balaban J connectivity index is 2.29. The Morgan fingerprint density at radius 3 is 2.72 bits per heavy atom. The number of anilines is 2. The summed E-state index contributed by atoms with van der Waals surface area (Å²) in [6, 6.07) is -0.0756. The molecule has 2 rings (SSSR count). The molecule has 0 spiro atoms. The van der Waals surface area contributed by atoms with Crippen molar-refractivity contribution in [3.05, 3.63) is 0 Å². The van der Waals surface area contributed by atoms with Gasteiger partial charge in [0.25, 0.3) is 0 Å². The van der Waals surface area contributed by atoms with E-state index in [1.807, 2.05) is 6.92 Å². The van der Waals surface area contributed by atoms with Gasteiger partial charge in [-0.1, -0.05) is 0 Å². The molecule has 0 aromatic carbocycles. The van der Waals surface area contributed by atoms with Gasteiger partial charge in [0, 0.05) is 12.6 Å². The number of nitrogens with two attached hydrogens (primary N) is 1. The van der Waals surface area contributed by atoms with Crippen LogP contribution in [0.2, 0.25) is 0 Å². The molecular weight excluding hydrogens is 258 g/mol. The van der Waals surface area contributed by atoms with E-state index < -0.39 is 9.84 Å². The first kappa shape index (κ1) is 12.8. The van der Waals surface area contributed by atoms with Gasteiger partial charge in [-0.25, -0.2) is 8.42 Å². The van der Waals surface area contributed by atoms with Crippen LogP contribution < -0.4 is 15.4 Å². The zero-order valence-corrected chi connectivity index (χ0v) is 11.0. The molecule has 0 radical (unpaired) electrons. The summed E-state index contributed by atoms with van der Waals surface area (Å²) in [5.74, 6) is 0.575. The van der Waals surface area contributed by atoms with Crippen molar-refractivity contribution in [2.24, 2.45) is 0 Å². The van der Waals surface area contributed by atoms with Crippen LogP contribution in [-0.2, 0) is 9.84 Å². The topological polar surface area (TPSA) is 111 Å². The fourth-order valence-corrected chi connectivity index (χ4v) is 3.43. The van der Waals surface area contributed by atoms with Gasteiger partial charge in [-0.2, -0.15) is 15.0 Å². The van der Waals surface area contributed by atoms with E-state index in [9.17, 15) is 8.42 Å². The van der Waals surface area contributed by atoms with Crippen molar-refractivity contribution in [2.45, 2.75) is 13.0 Å². The average Bonchev–Trinajstić information content (AvgIpc) is 2.26. The predicted octanol–water partition coefficient (Wildman–Crippen LogP) is -0.914. The van der Waals surface area contributed by atoms with Gasteiger partial charge in [0.15, 0.2) is 9.84 Å². The molecular formula is C9H15N5O3S. The van der Waals surface area contributed by atoms with Crippen LogP contribution in [0.5, 0.6) is 6.01 Å². The summed E-state index contributed by atoms with van der Waals surface area (Å²) in [5.41, 5.74) is 5.55. The molecule has 1 aliphatic rings. The van der Waals surface area contributed by atoms with Crippen LogP contribution in [0.4, 0.5) is 11.9 Å². The lowest BCUT2D eigenvalue weighted by Gasteiger charge is -2.33. The highest BCUT2D eigenvalue weighted by Crippen LogP contribution is 2.19. The molecule has 0 amide bonds. The van der Waals surface area contributed by atoms with Crippen molar-refractivity contribution in [2.75, 3.05) is 35.8 Å². The van der Waals surface area contributed by atoms with Crippen molar-refractivity contribution in [3.63, 3.8) is 0 Å². The molecule has 2 N–H and O–H groups in total. The van der Waals surface area contributed by atoms with E-state index in [2.05, 4.69) is 15.0 Å². The Morgan fingerprint density at radius 2 is 2.11 bits per heavy atom. The molecule has 1 aromatic rings. The Morgan fingerprint density at radius 1 is 1.39 bits per heavy atom. The first-order valence-electron chi connectivity index (χ1n) is 5.44. The van der Waals surface area contributed by atoms with Crippen LogP contribution in [0.3, 0.4) is 0 Å². The van der Waals surface area contributed by atoms with Crippen molar-refractivity contribution in [3.8, 4) is 6.01 Å². The second-order valence-electron chi connectivity index (χ2n) is 4.14. The Labute approximate surface area is 105 Å². The van der Waals surface area contributed by atoms with Crippen molar-refractivity contribution in [1.29, 1.82) is 0 Å². The normalized spacial score (nSPS) is 22.8. The summed E-state index contributed by atoms with van der Waals surface area (Å²) in [6.07, 6.45) is 0. The fourth-order valence-electron chi connectivity index (χ4n) is 1.88. The second-order valence-corrected chi connectivity index (χ2v) is 6.37. The molecule has 8 nitrogen and oxygen atoms in total. The number of rotatable bonds is 2. The van der Waals surface area contributed by atoms with E-state index in [1.165, 1.54) is 7.11 Å². The third-order valence-electron chi connectivity index (χ3n) is 2.73. The summed E-state index contributed by atoms with van der Waals surface area (Å²) in [7, 11) is -1.54. The first-order valence-corrected chi connectivity index (χ1v) is 7.26. The maximum Gasteiger partial charge on any atom is 0.322 e. The molecule has 0 aliphatic carbocycles. The lowest BCUT2D eigenvalue weighted by molar-refractivity contribution is 0.378. The monoisotopic (exact) mass is 273 g/mol. The zero-order chi connectivity index (χ0) is 13.3. The first-order chi connectivity index (χ1) is 8.41. The highest BCUT2D eigenvalue weighted by Gasteiger charge is 2.30. The van der Waals surface area contributed by atoms with Crippen LogP contribution in [0.1, 0.15) is 6.92 Å². The van der Waals surface area contributed by atoms with Gasteiger partial charge in [0.2, 0.25) is 11.9 Å². The van der Waals surface area contributed by atoms with Crippen molar-refractivity contribution in [1.82, 2.24) is 15.0 Å². The van der Waals surface area contributed by atoms with Gasteiger partial charge in [0.05, 0.1) is 18.6 Å². The summed E-state index contributed by atoms with van der Waals surface area (Å²) in [6.45, 7) is 2.15. The Kier molecular flexibility index (Phi) is 3.24. The van der Waals surface area contributed by atoms with Crippen LogP contribution in [0.25, 0.3) is 0 Å². The molecule has 0 bridgehead atoms. The smallest absolute Gasteiger partial charge is 0.322 e. The SMILES string of the molecule is COc1nc(N)nc(N2CCS(=O)(=O)CC2C)n1. The average molecular weight is 273 g/mol. The maximum absolute atomic E-state index is 11.5. The number of ether oxygens (including phenoxy) is 1. The molecule has 18 heavy (non-hydrogen) atoms. The van der Waals surface area contributed by atoms with Crippen LogP contribution in [0, 0.1) is 0 Å². The number of nitrogens with zero attached hydrogens (tertiary/aromatic N) is 4. The van der Waals surface area contributed by atoms with Crippen molar-refractivity contribution < 1.29 is 13.2 Å². The van der Waals surface area contributed by atoms with Crippen LogP contribution >= 0.6 is 0 Å². The largest absolute Gasteiger partial charge is 0.467 e. The van der Waals surface area contributed by atoms with E-state index in [0.717, 1.165) is 0 Å². The zero-order valence-electron chi connectivity index (χ0n) is 10.2. The highest BCUT2D eigenvalue weighted by atomic mass is 32.2. The van der Waals surface area contributed by atoms with E-state index in [0.29, 0.717) is 12.5 Å². The standard InChI is InChI=1S/C9H15N5O3S/c1-6-5-18(15,16)4-3-14(6)8-11-7(10)12-9(13-8)17-2/h6H,3-5H2,1-2H3,(H2,10,11,12,13). The summed E-state index contributed by atoms with van der Waals surface area (Å²) in [5, 5.41) is 0. The van der Waals surface area contributed by atoms with E-state index in [4.69, 9.17) is 10.5 Å². The maximum atomic E-state index is 11.5. The summed E-state index contributed by atoms with van der Waals surface area (Å²) in [4.78, 5) is 13.7. The van der Waals surface area contributed by atoms with Crippen LogP contribution in [0.15, 0.2) is 0 Å². The van der Waals surface area contributed by atoms with Gasteiger partial charge in [-0.05, 0) is 6.92 Å². The number of methoxy groups -OCH3 is 1. The van der Waals surface area contributed by atoms with Crippen molar-refractivity contribution >= 4 is 21.7 Å². The molecule has 0 saturated carbocycles. The predicted molar refractivity (Wildman–Crippen MR) is 66.3 cm³/mol. The summed E-state index contributed by atoms with van der Waals surface area (Å²) < 4.78 is 27.9. The van der Waals surface area contributed by atoms with Crippen LogP contribution in [-0.4, -0.2) is 54.6 Å². The molecule has 1 fully saturated rings. The lowest BCUT2D eigenvalue weighted by Crippen LogP contribution is -2.47. The minimum atomic E-state index is -2.97. The third kappa shape index (κ3) is 2.61. The lowest BCUT2D eigenvalue weighted by atomic mass is 10.3. The van der Waals surface area contributed by atoms with Gasteiger partial charge >= 0.3 is 6.01 Å². The number of sulfone groups is 1.